The number of carboxylic acids is 1. The Kier molecular flexibility index (Phi) is 9.05. The van der Waals surface area contributed by atoms with Crippen LogP contribution in [0.15, 0.2) is 60.7 Å². The van der Waals surface area contributed by atoms with Gasteiger partial charge in [0.2, 0.25) is 0 Å². The lowest BCUT2D eigenvalue weighted by molar-refractivity contribution is -0.145. The molecule has 0 bridgehead atoms. The summed E-state index contributed by atoms with van der Waals surface area (Å²) in [6.45, 7) is 9.64. The van der Waals surface area contributed by atoms with E-state index in [0.29, 0.717) is 10.6 Å². The van der Waals surface area contributed by atoms with Gasteiger partial charge in [-0.3, -0.25) is 4.79 Å². The molecule has 194 valence electrons. The minimum atomic E-state index is -1.80. The molecule has 0 saturated carbocycles. The number of rotatable bonds is 6. The van der Waals surface area contributed by atoms with E-state index in [9.17, 15) is 24.3 Å². The largest absolute Gasteiger partial charge is 0.480 e. The van der Waals surface area contributed by atoms with Gasteiger partial charge < -0.3 is 19.9 Å². The van der Waals surface area contributed by atoms with Gasteiger partial charge in [0.05, 0.1) is 6.04 Å². The molecule has 2 rings (SSSR count). The van der Waals surface area contributed by atoms with Gasteiger partial charge in [-0.15, -0.1) is 0 Å². The second-order valence-corrected chi connectivity index (χ2v) is 9.97. The molecule has 2 aromatic rings. The molecule has 2 atom stereocenters. The number of hydrogen-bond donors (Lipinski definition) is 3. The van der Waals surface area contributed by atoms with Crippen LogP contribution in [0.2, 0.25) is 0 Å². The van der Waals surface area contributed by atoms with Crippen molar-refractivity contribution in [2.45, 2.75) is 64.8 Å². The summed E-state index contributed by atoms with van der Waals surface area (Å²) in [7, 11) is 0. The van der Waals surface area contributed by atoms with Crippen LogP contribution >= 0.6 is 0 Å². The summed E-state index contributed by atoms with van der Waals surface area (Å²) in [5, 5.41) is 13.5. The first-order chi connectivity index (χ1) is 16.7. The molecule has 0 aliphatic rings. The molecule has 0 aromatic heterocycles. The van der Waals surface area contributed by atoms with Crippen LogP contribution in [0.1, 0.15) is 63.5 Å². The van der Waals surface area contributed by atoms with Gasteiger partial charge in [-0.05, 0) is 59.2 Å². The lowest BCUT2D eigenvalue weighted by Gasteiger charge is -2.36. The van der Waals surface area contributed by atoms with Gasteiger partial charge in [-0.1, -0.05) is 48.5 Å². The highest BCUT2D eigenvalue weighted by Crippen LogP contribution is 2.24. The number of amides is 3. The maximum absolute atomic E-state index is 13.2. The number of carbonyl (C=O) groups is 4. The molecule has 0 spiro atoms. The van der Waals surface area contributed by atoms with Crippen LogP contribution in [0.25, 0.3) is 0 Å². The van der Waals surface area contributed by atoms with Crippen molar-refractivity contribution in [1.82, 2.24) is 15.8 Å². The normalized spacial score (nSPS) is 13.1. The van der Waals surface area contributed by atoms with Crippen molar-refractivity contribution in [3.05, 3.63) is 71.8 Å². The average Bonchev–Trinajstić information content (AvgIpc) is 2.76. The number of hydrogen-bond acceptors (Lipinski definition) is 6. The number of aliphatic carboxylic acids is 1. The van der Waals surface area contributed by atoms with Crippen molar-refractivity contribution in [2.24, 2.45) is 0 Å². The lowest BCUT2D eigenvalue weighted by atomic mass is 9.98. The lowest BCUT2D eigenvalue weighted by Crippen LogP contribution is -2.60. The molecule has 0 radical (unpaired) electrons. The number of carbonyl (C=O) groups excluding carboxylic acids is 3. The van der Waals surface area contributed by atoms with Gasteiger partial charge in [0, 0.05) is 5.56 Å². The molecule has 10 nitrogen and oxygen atoms in total. The van der Waals surface area contributed by atoms with E-state index >= 15 is 0 Å². The Labute approximate surface area is 210 Å². The fourth-order valence-electron chi connectivity index (χ4n) is 3.16. The second kappa shape index (κ2) is 11.6. The van der Waals surface area contributed by atoms with Gasteiger partial charge in [0.15, 0.2) is 6.04 Å². The van der Waals surface area contributed by atoms with Crippen LogP contribution in [0, 0.1) is 0 Å². The Bertz CT molecular complexity index is 1060. The Morgan fingerprint density at radius 3 is 1.78 bits per heavy atom. The molecule has 10 heteroatoms. The zero-order chi connectivity index (χ0) is 27.1. The minimum Gasteiger partial charge on any atom is -0.480 e. The highest BCUT2D eigenvalue weighted by atomic mass is 16.6. The Balaban J connectivity index is 2.56. The van der Waals surface area contributed by atoms with E-state index in [1.165, 1.54) is 0 Å². The molecule has 36 heavy (non-hydrogen) atoms. The molecule has 2 aromatic carbocycles. The first kappa shape index (κ1) is 28.2. The van der Waals surface area contributed by atoms with Crippen molar-refractivity contribution in [2.75, 3.05) is 0 Å². The first-order valence-electron chi connectivity index (χ1n) is 11.3. The van der Waals surface area contributed by atoms with Crippen molar-refractivity contribution in [3.63, 3.8) is 0 Å². The number of nitrogens with one attached hydrogen (secondary N) is 2. The highest BCUT2D eigenvalue weighted by Gasteiger charge is 2.42. The van der Waals surface area contributed by atoms with Crippen LogP contribution in [0.3, 0.4) is 0 Å². The molecule has 0 heterocycles. The topological polar surface area (TPSA) is 134 Å². The maximum Gasteiger partial charge on any atom is 0.430 e. The van der Waals surface area contributed by atoms with E-state index in [0.717, 1.165) is 0 Å². The van der Waals surface area contributed by atoms with Gasteiger partial charge in [-0.2, -0.15) is 5.01 Å². The molecular weight excluding hydrogens is 466 g/mol. The molecule has 0 unspecified atom stereocenters. The zero-order valence-electron chi connectivity index (χ0n) is 21.3. The fraction of sp³-hybridized carbons (Fsp3) is 0.385. The summed E-state index contributed by atoms with van der Waals surface area (Å²) < 4.78 is 10.6. The van der Waals surface area contributed by atoms with Crippen LogP contribution in [0.4, 0.5) is 9.59 Å². The Morgan fingerprint density at radius 2 is 1.31 bits per heavy atom. The highest BCUT2D eigenvalue weighted by molar-refractivity contribution is 5.95. The third-order valence-corrected chi connectivity index (χ3v) is 4.53. The van der Waals surface area contributed by atoms with E-state index in [1.807, 2.05) is 0 Å². The van der Waals surface area contributed by atoms with Crippen LogP contribution in [0.5, 0.6) is 0 Å². The number of hydrazine groups is 1. The maximum atomic E-state index is 13.2. The third kappa shape index (κ3) is 8.61. The molecule has 0 saturated heterocycles. The molecule has 0 fully saturated rings. The number of ether oxygens (including phenoxy) is 2. The van der Waals surface area contributed by atoms with E-state index in [-0.39, 0.29) is 5.56 Å². The molecule has 0 aliphatic carbocycles. The van der Waals surface area contributed by atoms with Crippen LogP contribution < -0.4 is 10.7 Å². The Hall–Kier alpha value is -4.08. The smallest absolute Gasteiger partial charge is 0.430 e. The number of nitrogens with zero attached hydrogens (tertiary/aromatic N) is 1. The number of carboxylic acid groups (broad SMARTS) is 1. The fourth-order valence-corrected chi connectivity index (χ4v) is 3.16. The second-order valence-electron chi connectivity index (χ2n) is 9.97. The van der Waals surface area contributed by atoms with E-state index in [4.69, 9.17) is 9.47 Å². The van der Waals surface area contributed by atoms with E-state index in [1.54, 1.807) is 102 Å². The molecule has 3 N–H and O–H groups in total. The van der Waals surface area contributed by atoms with Crippen molar-refractivity contribution in [1.29, 1.82) is 0 Å². The van der Waals surface area contributed by atoms with Gasteiger partial charge in [0.1, 0.15) is 11.2 Å². The first-order valence-corrected chi connectivity index (χ1v) is 11.3. The summed E-state index contributed by atoms with van der Waals surface area (Å²) in [5.41, 5.74) is 0.935. The molecular formula is C26H33N3O7. The molecule has 3 amide bonds. The average molecular weight is 500 g/mol. The van der Waals surface area contributed by atoms with Crippen molar-refractivity contribution < 1.29 is 33.8 Å². The van der Waals surface area contributed by atoms with Gasteiger partial charge in [-0.25, -0.2) is 19.8 Å². The molecule has 0 aliphatic heterocycles. The monoisotopic (exact) mass is 499 g/mol. The minimum absolute atomic E-state index is 0.284. The predicted octanol–water partition coefficient (Wildman–Crippen LogP) is 4.29. The predicted molar refractivity (Wildman–Crippen MR) is 132 cm³/mol. The summed E-state index contributed by atoms with van der Waals surface area (Å²) in [6, 6.07) is 13.4. The van der Waals surface area contributed by atoms with Gasteiger partial charge >= 0.3 is 18.2 Å². The third-order valence-electron chi connectivity index (χ3n) is 4.53. The summed E-state index contributed by atoms with van der Waals surface area (Å²) in [5.74, 6) is -2.07. The summed E-state index contributed by atoms with van der Waals surface area (Å²) in [6.07, 6.45) is -2.21. The van der Waals surface area contributed by atoms with E-state index in [2.05, 4.69) is 10.7 Å². The van der Waals surface area contributed by atoms with Crippen molar-refractivity contribution >= 4 is 24.1 Å². The Morgan fingerprint density at radius 1 is 0.806 bits per heavy atom. The van der Waals surface area contributed by atoms with Crippen LogP contribution in [-0.2, 0) is 14.3 Å². The zero-order valence-corrected chi connectivity index (χ0v) is 21.3. The summed E-state index contributed by atoms with van der Waals surface area (Å²) in [4.78, 5) is 51.4. The van der Waals surface area contributed by atoms with Crippen LogP contribution in [-0.4, -0.2) is 51.4 Å². The number of benzene rings is 2. The van der Waals surface area contributed by atoms with Crippen molar-refractivity contribution in [3.8, 4) is 0 Å². The quantitative estimate of drug-likeness (QED) is 0.505. The summed E-state index contributed by atoms with van der Waals surface area (Å²) >= 11 is 0. The van der Waals surface area contributed by atoms with E-state index < -0.39 is 47.3 Å². The standard InChI is InChI=1S/C26H33N3O7/c1-25(2,3)35-23(33)28-29(24(34)36-26(4,5)6)20(22(31)32)19(17-13-9-7-10-14-17)27-21(30)18-15-11-8-12-16-18/h7-16,19-20H,1-6H3,(H,27,30)(H,28,33)(H,31,32)/t19-,20-/m0/s1. The van der Waals surface area contributed by atoms with Gasteiger partial charge in [0.25, 0.3) is 5.91 Å². The SMILES string of the molecule is CC(C)(C)OC(=O)NN(C(=O)OC(C)(C)C)[C@H](C(=O)O)[C@@H](NC(=O)c1ccccc1)c1ccccc1.